The SMILES string of the molecule is CC(NC(=O)C1CCCc2ccccc21)c1ncc(Br)cn1. The minimum absolute atomic E-state index is 0.0613. The molecule has 0 radical (unpaired) electrons. The lowest BCUT2D eigenvalue weighted by atomic mass is 9.82. The fraction of sp³-hybridized carbons (Fsp3) is 0.353. The average Bonchev–Trinajstić information content (AvgIpc) is 2.54. The molecule has 0 saturated heterocycles. The van der Waals surface area contributed by atoms with Crippen LogP contribution in [0.5, 0.6) is 0 Å². The molecule has 5 heteroatoms. The molecular weight excluding hydrogens is 342 g/mol. The van der Waals surface area contributed by atoms with Gasteiger partial charge in [0.15, 0.2) is 0 Å². The molecule has 2 unspecified atom stereocenters. The molecule has 1 aliphatic rings. The second-order valence-electron chi connectivity index (χ2n) is 5.63. The topological polar surface area (TPSA) is 54.9 Å². The van der Waals surface area contributed by atoms with E-state index in [-0.39, 0.29) is 17.9 Å². The summed E-state index contributed by atoms with van der Waals surface area (Å²) in [5.41, 5.74) is 2.46. The Morgan fingerprint density at radius 3 is 2.82 bits per heavy atom. The van der Waals surface area contributed by atoms with Gasteiger partial charge in [0, 0.05) is 12.4 Å². The second kappa shape index (κ2) is 6.57. The number of hydrogen-bond acceptors (Lipinski definition) is 3. The molecule has 0 bridgehead atoms. The fourth-order valence-electron chi connectivity index (χ4n) is 2.95. The van der Waals surface area contributed by atoms with Crippen LogP contribution in [0.15, 0.2) is 41.1 Å². The van der Waals surface area contributed by atoms with Crippen LogP contribution < -0.4 is 5.32 Å². The van der Waals surface area contributed by atoms with E-state index in [1.807, 2.05) is 19.1 Å². The summed E-state index contributed by atoms with van der Waals surface area (Å²) < 4.78 is 0.830. The first-order valence-electron chi connectivity index (χ1n) is 7.51. The zero-order valence-electron chi connectivity index (χ0n) is 12.4. The molecule has 114 valence electrons. The number of nitrogens with zero attached hydrogens (tertiary/aromatic N) is 2. The van der Waals surface area contributed by atoms with Crippen LogP contribution >= 0.6 is 15.9 Å². The summed E-state index contributed by atoms with van der Waals surface area (Å²) in [7, 11) is 0. The predicted molar refractivity (Wildman–Crippen MR) is 88.4 cm³/mol. The van der Waals surface area contributed by atoms with Gasteiger partial charge in [-0.3, -0.25) is 4.79 Å². The van der Waals surface area contributed by atoms with E-state index in [0.29, 0.717) is 5.82 Å². The van der Waals surface area contributed by atoms with Gasteiger partial charge in [-0.05, 0) is 53.2 Å². The minimum atomic E-state index is -0.199. The van der Waals surface area contributed by atoms with E-state index >= 15 is 0 Å². The summed E-state index contributed by atoms with van der Waals surface area (Å²) in [5, 5.41) is 3.05. The number of carbonyl (C=O) groups is 1. The summed E-state index contributed by atoms with van der Waals surface area (Å²) >= 11 is 3.31. The van der Waals surface area contributed by atoms with Crippen LogP contribution in [-0.2, 0) is 11.2 Å². The van der Waals surface area contributed by atoms with Crippen molar-refractivity contribution >= 4 is 21.8 Å². The molecule has 4 nitrogen and oxygen atoms in total. The Kier molecular flexibility index (Phi) is 4.52. The van der Waals surface area contributed by atoms with Crippen LogP contribution in [0, 0.1) is 0 Å². The molecule has 2 atom stereocenters. The normalized spacial score (nSPS) is 18.4. The van der Waals surface area contributed by atoms with Crippen molar-refractivity contribution in [3.05, 3.63) is 58.1 Å². The van der Waals surface area contributed by atoms with Crippen molar-refractivity contribution in [1.29, 1.82) is 0 Å². The Balaban J connectivity index is 1.74. The van der Waals surface area contributed by atoms with E-state index in [2.05, 4.69) is 43.3 Å². The van der Waals surface area contributed by atoms with E-state index in [9.17, 15) is 4.79 Å². The highest BCUT2D eigenvalue weighted by Crippen LogP contribution is 2.32. The zero-order chi connectivity index (χ0) is 15.5. The van der Waals surface area contributed by atoms with Gasteiger partial charge in [-0.1, -0.05) is 24.3 Å². The summed E-state index contributed by atoms with van der Waals surface area (Å²) in [5.74, 6) is 0.620. The fourth-order valence-corrected chi connectivity index (χ4v) is 3.16. The van der Waals surface area contributed by atoms with Gasteiger partial charge in [0.05, 0.1) is 16.4 Å². The third-order valence-electron chi connectivity index (χ3n) is 4.07. The Morgan fingerprint density at radius 1 is 1.32 bits per heavy atom. The van der Waals surface area contributed by atoms with E-state index in [1.165, 1.54) is 5.56 Å². The Labute approximate surface area is 138 Å². The molecular formula is C17H18BrN3O. The van der Waals surface area contributed by atoms with Crippen LogP contribution in [0.2, 0.25) is 0 Å². The number of hydrogen-bond donors (Lipinski definition) is 1. The molecule has 0 aliphatic heterocycles. The summed E-state index contributed by atoms with van der Waals surface area (Å²) in [6.07, 6.45) is 6.40. The van der Waals surface area contributed by atoms with Gasteiger partial charge in [-0.15, -0.1) is 0 Å². The van der Waals surface area contributed by atoms with Crippen molar-refractivity contribution in [2.75, 3.05) is 0 Å². The smallest absolute Gasteiger partial charge is 0.228 e. The molecule has 22 heavy (non-hydrogen) atoms. The number of amides is 1. The predicted octanol–water partition coefficient (Wildman–Crippen LogP) is 3.54. The number of rotatable bonds is 3. The first-order valence-corrected chi connectivity index (χ1v) is 8.30. The Hall–Kier alpha value is -1.75. The van der Waals surface area contributed by atoms with Gasteiger partial charge >= 0.3 is 0 Å². The monoisotopic (exact) mass is 359 g/mol. The van der Waals surface area contributed by atoms with Crippen LogP contribution in [0.4, 0.5) is 0 Å². The molecule has 1 amide bonds. The molecule has 2 aromatic rings. The molecule has 1 N–H and O–H groups in total. The maximum atomic E-state index is 12.6. The first-order chi connectivity index (χ1) is 10.6. The van der Waals surface area contributed by atoms with E-state index in [0.717, 1.165) is 29.3 Å². The van der Waals surface area contributed by atoms with Gasteiger partial charge < -0.3 is 5.32 Å². The molecule has 0 saturated carbocycles. The summed E-state index contributed by atoms with van der Waals surface area (Å²) in [4.78, 5) is 21.1. The van der Waals surface area contributed by atoms with Crippen molar-refractivity contribution in [1.82, 2.24) is 15.3 Å². The number of halogens is 1. The number of nitrogens with one attached hydrogen (secondary N) is 1. The van der Waals surface area contributed by atoms with Crippen molar-refractivity contribution in [3.8, 4) is 0 Å². The van der Waals surface area contributed by atoms with Crippen LogP contribution in [0.1, 0.15) is 48.7 Å². The molecule has 0 fully saturated rings. The molecule has 1 heterocycles. The molecule has 1 aromatic heterocycles. The maximum absolute atomic E-state index is 12.6. The highest BCUT2D eigenvalue weighted by atomic mass is 79.9. The lowest BCUT2D eigenvalue weighted by Gasteiger charge is -2.25. The second-order valence-corrected chi connectivity index (χ2v) is 6.55. The van der Waals surface area contributed by atoms with Gasteiger partial charge in [0.2, 0.25) is 5.91 Å². The lowest BCUT2D eigenvalue weighted by Crippen LogP contribution is -2.34. The molecule has 0 spiro atoms. The largest absolute Gasteiger partial charge is 0.346 e. The van der Waals surface area contributed by atoms with Crippen molar-refractivity contribution in [3.63, 3.8) is 0 Å². The molecule has 1 aliphatic carbocycles. The first kappa shape index (κ1) is 15.2. The minimum Gasteiger partial charge on any atom is -0.346 e. The number of aryl methyl sites for hydroxylation is 1. The van der Waals surface area contributed by atoms with E-state index < -0.39 is 0 Å². The van der Waals surface area contributed by atoms with Gasteiger partial charge in [0.25, 0.3) is 0 Å². The number of fused-ring (bicyclic) bond motifs is 1. The summed E-state index contributed by atoms with van der Waals surface area (Å²) in [6, 6.07) is 8.04. The highest BCUT2D eigenvalue weighted by Gasteiger charge is 2.27. The van der Waals surface area contributed by atoms with Gasteiger partial charge in [-0.2, -0.15) is 0 Å². The van der Waals surface area contributed by atoms with Gasteiger partial charge in [0.1, 0.15) is 5.82 Å². The standard InChI is InChI=1S/C17H18BrN3O/c1-11(16-19-9-13(18)10-20-16)21-17(22)15-8-4-6-12-5-2-3-7-14(12)15/h2-3,5,7,9-11,15H,4,6,8H2,1H3,(H,21,22). The molecule has 3 rings (SSSR count). The van der Waals surface area contributed by atoms with Crippen molar-refractivity contribution < 1.29 is 4.79 Å². The van der Waals surface area contributed by atoms with Gasteiger partial charge in [-0.25, -0.2) is 9.97 Å². The third kappa shape index (κ3) is 3.19. The highest BCUT2D eigenvalue weighted by molar-refractivity contribution is 9.10. The quantitative estimate of drug-likeness (QED) is 0.911. The van der Waals surface area contributed by atoms with Crippen LogP contribution in [-0.4, -0.2) is 15.9 Å². The van der Waals surface area contributed by atoms with Crippen LogP contribution in [0.3, 0.4) is 0 Å². The number of aromatic nitrogens is 2. The van der Waals surface area contributed by atoms with E-state index in [4.69, 9.17) is 0 Å². The molecule has 1 aromatic carbocycles. The third-order valence-corrected chi connectivity index (χ3v) is 4.48. The zero-order valence-corrected chi connectivity index (χ0v) is 14.0. The number of benzene rings is 1. The Morgan fingerprint density at radius 2 is 2.05 bits per heavy atom. The Bertz CT molecular complexity index is 672. The van der Waals surface area contributed by atoms with Crippen molar-refractivity contribution in [2.45, 2.75) is 38.1 Å². The van der Waals surface area contributed by atoms with E-state index in [1.54, 1.807) is 12.4 Å². The van der Waals surface area contributed by atoms with Crippen LogP contribution in [0.25, 0.3) is 0 Å². The van der Waals surface area contributed by atoms with Crippen molar-refractivity contribution in [2.24, 2.45) is 0 Å². The lowest BCUT2D eigenvalue weighted by molar-refractivity contribution is -0.123. The summed E-state index contributed by atoms with van der Waals surface area (Å²) in [6.45, 7) is 1.91. The average molecular weight is 360 g/mol. The number of carbonyl (C=O) groups excluding carboxylic acids is 1. The maximum Gasteiger partial charge on any atom is 0.228 e.